The summed E-state index contributed by atoms with van der Waals surface area (Å²) in [6.07, 6.45) is 5.54. The summed E-state index contributed by atoms with van der Waals surface area (Å²) in [5.74, 6) is 0.215. The number of aliphatic hydroxyl groups excluding tert-OH is 2. The number of allylic oxidation sites excluding steroid dienone is 3. The highest BCUT2D eigenvalue weighted by atomic mass is 19.1. The summed E-state index contributed by atoms with van der Waals surface area (Å²) in [7, 11) is 3.76. The fourth-order valence-electron chi connectivity index (χ4n) is 8.74. The van der Waals surface area contributed by atoms with Crippen molar-refractivity contribution >= 4 is 16.5 Å². The molecule has 36 heavy (non-hydrogen) atoms. The highest BCUT2D eigenvalue weighted by Gasteiger charge is 2.76. The number of rotatable bonds is 2. The Hall–Kier alpha value is -2.06. The molecule has 3 N–H and O–H groups in total. The molecule has 2 spiro atoms. The van der Waals surface area contributed by atoms with Crippen LogP contribution in [0.25, 0.3) is 16.5 Å². The third kappa shape index (κ3) is 2.58. The molecule has 2 bridgehead atoms. The number of nitrogens with one attached hydrogen (secondary N) is 1. The largest absolute Gasteiger partial charge is 0.389 e. The number of aliphatic hydroxyl groups is 2. The van der Waals surface area contributed by atoms with Crippen molar-refractivity contribution in [1.29, 1.82) is 0 Å². The lowest BCUT2D eigenvalue weighted by Gasteiger charge is -2.61. The number of benzene rings is 1. The van der Waals surface area contributed by atoms with Crippen LogP contribution < -0.4 is 0 Å². The Morgan fingerprint density at radius 2 is 2.00 bits per heavy atom. The third-order valence-corrected chi connectivity index (χ3v) is 10.7. The van der Waals surface area contributed by atoms with E-state index in [9.17, 15) is 10.2 Å². The van der Waals surface area contributed by atoms with Crippen molar-refractivity contribution in [1.82, 2.24) is 15.1 Å². The average Bonchev–Trinajstić information content (AvgIpc) is 3.51. The highest BCUT2D eigenvalue weighted by Crippen LogP contribution is 2.70. The molecule has 2 saturated heterocycles. The number of hydrogen-bond acceptors (Lipinski definition) is 5. The van der Waals surface area contributed by atoms with Crippen molar-refractivity contribution in [2.75, 3.05) is 14.1 Å². The van der Waals surface area contributed by atoms with Gasteiger partial charge >= 0.3 is 0 Å². The van der Waals surface area contributed by atoms with Gasteiger partial charge in [0.15, 0.2) is 5.67 Å². The molecule has 6 nitrogen and oxygen atoms in total. The first-order valence-corrected chi connectivity index (χ1v) is 13.3. The number of halogens is 1. The molecule has 2 aromatic rings. The van der Waals surface area contributed by atoms with Crippen LogP contribution in [0.15, 0.2) is 35.9 Å². The maximum absolute atomic E-state index is 16.9. The van der Waals surface area contributed by atoms with Crippen molar-refractivity contribution in [3.63, 3.8) is 0 Å². The van der Waals surface area contributed by atoms with Crippen LogP contribution in [0.2, 0.25) is 0 Å². The maximum atomic E-state index is 16.9. The van der Waals surface area contributed by atoms with Crippen LogP contribution in [-0.2, 0) is 4.74 Å². The minimum Gasteiger partial charge on any atom is -0.389 e. The molecule has 3 heterocycles. The van der Waals surface area contributed by atoms with Crippen molar-refractivity contribution in [2.45, 2.75) is 87.5 Å². The quantitative estimate of drug-likeness (QED) is 0.550. The predicted molar refractivity (Wildman–Crippen MR) is 136 cm³/mol. The van der Waals surface area contributed by atoms with Crippen LogP contribution in [0.3, 0.4) is 0 Å². The second-order valence-electron chi connectivity index (χ2n) is 12.5. The number of aryl methyl sites for hydroxylation is 1. The van der Waals surface area contributed by atoms with Gasteiger partial charge in [-0.25, -0.2) is 4.39 Å². The van der Waals surface area contributed by atoms with E-state index in [0.717, 1.165) is 41.4 Å². The zero-order valence-electron chi connectivity index (χ0n) is 21.5. The smallest absolute Gasteiger partial charge is 0.171 e. The van der Waals surface area contributed by atoms with E-state index in [4.69, 9.17) is 4.74 Å². The van der Waals surface area contributed by atoms with Crippen molar-refractivity contribution in [3.8, 4) is 0 Å². The van der Waals surface area contributed by atoms with Crippen molar-refractivity contribution in [2.24, 2.45) is 11.3 Å². The first-order valence-electron chi connectivity index (χ1n) is 13.3. The van der Waals surface area contributed by atoms with E-state index < -0.39 is 29.1 Å². The Balaban J connectivity index is 1.30. The minimum absolute atomic E-state index is 0.121. The first kappa shape index (κ1) is 23.1. The number of ether oxygens (including phenoxy) is 1. The summed E-state index contributed by atoms with van der Waals surface area (Å²) in [4.78, 5) is 1.90. The molecule has 192 valence electrons. The normalized spacial score (nSPS) is 45.3. The van der Waals surface area contributed by atoms with Crippen LogP contribution >= 0.6 is 0 Å². The molecule has 7 heteroatoms. The van der Waals surface area contributed by atoms with Gasteiger partial charge in [-0.1, -0.05) is 25.1 Å². The molecule has 0 radical (unpaired) electrons. The molecule has 2 unspecified atom stereocenters. The zero-order valence-corrected chi connectivity index (χ0v) is 21.5. The van der Waals surface area contributed by atoms with Crippen LogP contribution in [0.4, 0.5) is 4.39 Å². The Morgan fingerprint density at radius 1 is 1.19 bits per heavy atom. The number of alkyl halides is 1. The summed E-state index contributed by atoms with van der Waals surface area (Å²) >= 11 is 0. The monoisotopic (exact) mass is 493 g/mol. The molecular formula is C29H36FN3O3. The average molecular weight is 494 g/mol. The van der Waals surface area contributed by atoms with Gasteiger partial charge in [-0.05, 0) is 82.0 Å². The van der Waals surface area contributed by atoms with Crippen LogP contribution in [0.5, 0.6) is 0 Å². The summed E-state index contributed by atoms with van der Waals surface area (Å²) in [5, 5.41) is 30.6. The van der Waals surface area contributed by atoms with Gasteiger partial charge in [-0.3, -0.25) is 5.10 Å². The molecule has 3 aliphatic carbocycles. The lowest BCUT2D eigenvalue weighted by molar-refractivity contribution is -0.282. The molecule has 1 aromatic carbocycles. The molecular weight excluding hydrogens is 457 g/mol. The second kappa shape index (κ2) is 7.07. The lowest BCUT2D eigenvalue weighted by Crippen LogP contribution is -2.73. The van der Waals surface area contributed by atoms with Gasteiger partial charge in [0.1, 0.15) is 11.7 Å². The molecule has 1 saturated carbocycles. The summed E-state index contributed by atoms with van der Waals surface area (Å²) < 4.78 is 23.9. The molecule has 1 aromatic heterocycles. The van der Waals surface area contributed by atoms with E-state index in [1.54, 1.807) is 0 Å². The number of hydrogen-bond donors (Lipinski definition) is 3. The number of aromatic nitrogens is 2. The third-order valence-electron chi connectivity index (χ3n) is 10.7. The highest BCUT2D eigenvalue weighted by molar-refractivity contribution is 5.87. The Bertz CT molecular complexity index is 1330. The molecule has 2 aliphatic heterocycles. The fourth-order valence-corrected chi connectivity index (χ4v) is 8.74. The maximum Gasteiger partial charge on any atom is 0.171 e. The Kier molecular flexibility index (Phi) is 4.53. The lowest BCUT2D eigenvalue weighted by atomic mass is 9.56. The number of H-pyrrole nitrogens is 1. The SMILES string of the molecule is Cc1[nH]nc2ccc(C3=CCC4[C@]3(C)CC=C3CC5(F)[C@@H](O)[C@H](O)[C@@H](N(C)C)C[C@]56CC[C@@]34O6)cc12. The fraction of sp³-hybridized carbons (Fsp3) is 0.621. The van der Waals surface area contributed by atoms with Crippen LogP contribution in [-0.4, -0.2) is 74.5 Å². The Morgan fingerprint density at radius 3 is 2.78 bits per heavy atom. The van der Waals surface area contributed by atoms with Gasteiger partial charge in [0.2, 0.25) is 0 Å². The van der Waals surface area contributed by atoms with Crippen LogP contribution in [0.1, 0.15) is 56.7 Å². The molecule has 5 aliphatic rings. The summed E-state index contributed by atoms with van der Waals surface area (Å²) in [5.41, 5.74) is 1.90. The van der Waals surface area contributed by atoms with Gasteiger partial charge in [-0.2, -0.15) is 5.10 Å². The predicted octanol–water partition coefficient (Wildman–Crippen LogP) is 4.07. The van der Waals surface area contributed by atoms with Gasteiger partial charge in [0.25, 0.3) is 0 Å². The van der Waals surface area contributed by atoms with Gasteiger partial charge in [0.05, 0.1) is 17.2 Å². The number of fused-ring (bicyclic) bond motifs is 2. The standard InChI is InChI=1S/C29H36FN3O3/c1-16-19-13-17(5-7-21(19)32-31-16)20-6-8-23-26(20,2)10-9-18-14-29(30)25(35)24(34)22(33(3)4)15-27(29)11-12-28(18,23)36-27/h5-7,9,13,22-25,34-35H,8,10-12,14-15H2,1-4H3,(H,31,32)/t22-,23?,24+,25-,26+,27+,28+,29?/m0/s1. The van der Waals surface area contributed by atoms with E-state index in [2.05, 4.69) is 54.4 Å². The molecule has 0 amide bonds. The van der Waals surface area contributed by atoms with Crippen molar-refractivity contribution in [3.05, 3.63) is 47.2 Å². The number of aromatic amines is 1. The van der Waals surface area contributed by atoms with Gasteiger partial charge in [0, 0.05) is 34.9 Å². The first-order chi connectivity index (χ1) is 17.0. The number of likely N-dealkylation sites (N-methyl/N-ethyl adjacent to an activating group) is 1. The summed E-state index contributed by atoms with van der Waals surface area (Å²) in [6, 6.07) is 6.16. The second-order valence-corrected chi connectivity index (χ2v) is 12.5. The molecule has 7 rings (SSSR count). The Labute approximate surface area is 211 Å². The van der Waals surface area contributed by atoms with Crippen molar-refractivity contribution < 1.29 is 19.3 Å². The zero-order chi connectivity index (χ0) is 25.3. The van der Waals surface area contributed by atoms with E-state index in [1.165, 1.54) is 11.1 Å². The van der Waals surface area contributed by atoms with Gasteiger partial charge < -0.3 is 19.8 Å². The van der Waals surface area contributed by atoms with E-state index in [0.29, 0.717) is 12.8 Å². The topological polar surface area (TPSA) is 81.6 Å². The number of nitrogens with zero attached hydrogens (tertiary/aromatic N) is 2. The van der Waals surface area contributed by atoms with Crippen LogP contribution in [0, 0.1) is 18.3 Å². The van der Waals surface area contributed by atoms with E-state index in [1.807, 2.05) is 19.0 Å². The summed E-state index contributed by atoms with van der Waals surface area (Å²) in [6.45, 7) is 4.40. The molecule has 3 fully saturated rings. The minimum atomic E-state index is -1.97. The molecule has 8 atom stereocenters. The van der Waals surface area contributed by atoms with E-state index >= 15 is 4.39 Å². The van der Waals surface area contributed by atoms with E-state index in [-0.39, 0.29) is 23.8 Å². The van der Waals surface area contributed by atoms with Gasteiger partial charge in [-0.15, -0.1) is 0 Å².